The van der Waals surface area contributed by atoms with Crippen LogP contribution in [0.5, 0.6) is 0 Å². The molecule has 0 aliphatic rings. The average Bonchev–Trinajstić information content (AvgIpc) is 3.02. The van der Waals surface area contributed by atoms with Gasteiger partial charge in [0.25, 0.3) is 0 Å². The minimum Gasteiger partial charge on any atom is -0.349 e. The van der Waals surface area contributed by atoms with Crippen molar-refractivity contribution in [3.05, 3.63) is 65.7 Å². The number of nitrogens with zero attached hydrogens (tertiary/aromatic N) is 2. The maximum atomic E-state index is 12.3. The Morgan fingerprint density at radius 2 is 1.92 bits per heavy atom. The van der Waals surface area contributed by atoms with E-state index >= 15 is 0 Å². The maximum absolute atomic E-state index is 12.3. The first kappa shape index (κ1) is 17.4. The number of sulfone groups is 1. The normalized spacial score (nSPS) is 11.6. The first-order valence-electron chi connectivity index (χ1n) is 7.62. The Kier molecular flexibility index (Phi) is 5.06. The molecule has 25 heavy (non-hydrogen) atoms. The highest BCUT2D eigenvalue weighted by molar-refractivity contribution is 7.91. The maximum Gasteiger partial charge on any atom is 0.221 e. The zero-order valence-electron chi connectivity index (χ0n) is 13.2. The van der Waals surface area contributed by atoms with E-state index in [0.717, 1.165) is 5.52 Å². The second kappa shape index (κ2) is 7.25. The van der Waals surface area contributed by atoms with Gasteiger partial charge in [-0.1, -0.05) is 29.8 Å². The number of halogens is 1. The molecule has 0 aliphatic heterocycles. The van der Waals surface area contributed by atoms with E-state index in [1.165, 1.54) is 12.1 Å². The van der Waals surface area contributed by atoms with Crippen LogP contribution in [0.1, 0.15) is 12.2 Å². The molecule has 0 fully saturated rings. The van der Waals surface area contributed by atoms with Gasteiger partial charge in [-0.2, -0.15) is 0 Å². The van der Waals surface area contributed by atoms with Gasteiger partial charge in [-0.15, -0.1) is 0 Å². The Balaban J connectivity index is 1.59. The van der Waals surface area contributed by atoms with Crippen LogP contribution < -0.4 is 5.32 Å². The molecule has 0 bridgehead atoms. The Labute approximate surface area is 150 Å². The lowest BCUT2D eigenvalue weighted by Gasteiger charge is -2.07. The van der Waals surface area contributed by atoms with Gasteiger partial charge in [0, 0.05) is 12.6 Å². The van der Waals surface area contributed by atoms with Gasteiger partial charge in [-0.05, 0) is 24.3 Å². The van der Waals surface area contributed by atoms with Crippen molar-refractivity contribution in [2.24, 2.45) is 0 Å². The Morgan fingerprint density at radius 3 is 2.72 bits per heavy atom. The van der Waals surface area contributed by atoms with Crippen molar-refractivity contribution in [3.63, 3.8) is 0 Å². The molecule has 1 amide bonds. The van der Waals surface area contributed by atoms with Crippen molar-refractivity contribution in [3.8, 4) is 0 Å². The molecule has 0 radical (unpaired) electrons. The largest absolute Gasteiger partial charge is 0.349 e. The minimum absolute atomic E-state index is 0.0451. The number of fused-ring (bicyclic) bond motifs is 1. The highest BCUT2D eigenvalue weighted by Gasteiger charge is 2.19. The molecule has 0 aliphatic carbocycles. The van der Waals surface area contributed by atoms with Crippen LogP contribution in [-0.2, 0) is 21.2 Å². The summed E-state index contributed by atoms with van der Waals surface area (Å²) in [5.74, 6) is 0.0199. The Bertz CT molecular complexity index is 1010. The zero-order chi connectivity index (χ0) is 17.9. The zero-order valence-corrected chi connectivity index (χ0v) is 14.8. The first-order chi connectivity index (χ1) is 12.0. The number of rotatable bonds is 6. The SMILES string of the molecule is O=C(CCS(=O)(=O)c1ccccc1Cl)NCc1ncc2ccccn12. The molecule has 0 saturated carbocycles. The summed E-state index contributed by atoms with van der Waals surface area (Å²) in [6.07, 6.45) is 3.42. The fourth-order valence-electron chi connectivity index (χ4n) is 2.43. The van der Waals surface area contributed by atoms with Gasteiger partial charge in [0.15, 0.2) is 9.84 Å². The Morgan fingerprint density at radius 1 is 1.16 bits per heavy atom. The van der Waals surface area contributed by atoms with Crippen LogP contribution in [0.3, 0.4) is 0 Å². The number of hydrogen-bond acceptors (Lipinski definition) is 4. The van der Waals surface area contributed by atoms with Crippen LogP contribution in [0.4, 0.5) is 0 Å². The van der Waals surface area contributed by atoms with Gasteiger partial charge < -0.3 is 9.72 Å². The van der Waals surface area contributed by atoms with E-state index in [1.807, 2.05) is 28.8 Å². The van der Waals surface area contributed by atoms with Gasteiger partial charge in [0.05, 0.1) is 33.9 Å². The number of pyridine rings is 1. The molecular formula is C17H16ClN3O3S. The third-order valence-electron chi connectivity index (χ3n) is 3.73. The lowest BCUT2D eigenvalue weighted by molar-refractivity contribution is -0.120. The van der Waals surface area contributed by atoms with Crippen molar-refractivity contribution < 1.29 is 13.2 Å². The predicted octanol–water partition coefficient (Wildman–Crippen LogP) is 2.47. The quantitative estimate of drug-likeness (QED) is 0.715. The molecule has 0 atom stereocenters. The molecule has 2 heterocycles. The molecule has 2 aromatic heterocycles. The van der Waals surface area contributed by atoms with Gasteiger partial charge >= 0.3 is 0 Å². The summed E-state index contributed by atoms with van der Waals surface area (Å²) in [4.78, 5) is 16.3. The van der Waals surface area contributed by atoms with E-state index in [1.54, 1.807) is 18.3 Å². The van der Waals surface area contributed by atoms with Crippen molar-refractivity contribution in [1.82, 2.24) is 14.7 Å². The summed E-state index contributed by atoms with van der Waals surface area (Å²) in [5, 5.41) is 2.86. The monoisotopic (exact) mass is 377 g/mol. The topological polar surface area (TPSA) is 80.5 Å². The number of amides is 1. The van der Waals surface area contributed by atoms with Crippen molar-refractivity contribution in [2.75, 3.05) is 5.75 Å². The third kappa shape index (κ3) is 4.00. The van der Waals surface area contributed by atoms with Gasteiger partial charge in [0.1, 0.15) is 5.82 Å². The molecule has 8 heteroatoms. The molecular weight excluding hydrogens is 362 g/mol. The summed E-state index contributed by atoms with van der Waals surface area (Å²) >= 11 is 5.92. The van der Waals surface area contributed by atoms with Crippen molar-refractivity contribution in [1.29, 1.82) is 0 Å². The Hall–Kier alpha value is -2.38. The number of aromatic nitrogens is 2. The van der Waals surface area contributed by atoms with E-state index in [0.29, 0.717) is 5.82 Å². The number of benzene rings is 1. The summed E-state index contributed by atoms with van der Waals surface area (Å²) in [5.41, 5.74) is 0.924. The second-order valence-electron chi connectivity index (χ2n) is 5.45. The van der Waals surface area contributed by atoms with Gasteiger partial charge in [-0.3, -0.25) is 4.79 Å². The van der Waals surface area contributed by atoms with Crippen LogP contribution >= 0.6 is 11.6 Å². The standard InChI is InChI=1S/C17H16ClN3O3S/c18-14-6-1-2-7-15(14)25(23,24)10-8-17(22)20-12-16-19-11-13-5-3-4-9-21(13)16/h1-7,9,11H,8,10,12H2,(H,20,22). The minimum atomic E-state index is -3.61. The number of carbonyl (C=O) groups is 1. The molecule has 3 rings (SSSR count). The first-order valence-corrected chi connectivity index (χ1v) is 9.65. The lowest BCUT2D eigenvalue weighted by atomic mass is 10.4. The second-order valence-corrected chi connectivity index (χ2v) is 7.93. The lowest BCUT2D eigenvalue weighted by Crippen LogP contribution is -2.26. The number of nitrogens with one attached hydrogen (secondary N) is 1. The van der Waals surface area contributed by atoms with Crippen LogP contribution in [0.2, 0.25) is 5.02 Å². The fourth-order valence-corrected chi connectivity index (χ4v) is 4.24. The van der Waals surface area contributed by atoms with Gasteiger partial charge in [0.2, 0.25) is 5.91 Å². The van der Waals surface area contributed by atoms with Crippen LogP contribution in [0.25, 0.3) is 5.52 Å². The van der Waals surface area contributed by atoms with Gasteiger partial charge in [-0.25, -0.2) is 13.4 Å². The number of carbonyl (C=O) groups excluding carboxylic acids is 1. The molecule has 0 spiro atoms. The fraction of sp³-hybridized carbons (Fsp3) is 0.176. The van der Waals surface area contributed by atoms with E-state index in [-0.39, 0.29) is 34.5 Å². The van der Waals surface area contributed by atoms with Crippen molar-refractivity contribution >= 4 is 32.9 Å². The average molecular weight is 378 g/mol. The summed E-state index contributed by atoms with van der Waals surface area (Å²) in [6.45, 7) is 0.225. The van der Waals surface area contributed by atoms with E-state index < -0.39 is 9.84 Å². The van der Waals surface area contributed by atoms with Crippen LogP contribution in [-0.4, -0.2) is 29.5 Å². The summed E-state index contributed by atoms with van der Waals surface area (Å²) in [6, 6.07) is 11.9. The van der Waals surface area contributed by atoms with Crippen LogP contribution in [0.15, 0.2) is 59.8 Å². The highest BCUT2D eigenvalue weighted by Crippen LogP contribution is 2.22. The number of hydrogen-bond donors (Lipinski definition) is 1. The predicted molar refractivity (Wildman–Crippen MR) is 95.2 cm³/mol. The molecule has 6 nitrogen and oxygen atoms in total. The van der Waals surface area contributed by atoms with Crippen molar-refractivity contribution in [2.45, 2.75) is 17.9 Å². The molecule has 0 unspecified atom stereocenters. The van der Waals surface area contributed by atoms with Crippen LogP contribution in [0, 0.1) is 0 Å². The smallest absolute Gasteiger partial charge is 0.221 e. The molecule has 130 valence electrons. The summed E-state index contributed by atoms with van der Waals surface area (Å²) < 4.78 is 26.4. The molecule has 1 aromatic carbocycles. The summed E-state index contributed by atoms with van der Waals surface area (Å²) in [7, 11) is -3.61. The van der Waals surface area contributed by atoms with E-state index in [2.05, 4.69) is 10.3 Å². The number of imidazole rings is 1. The molecule has 3 aromatic rings. The van der Waals surface area contributed by atoms with E-state index in [4.69, 9.17) is 11.6 Å². The molecule has 0 saturated heterocycles. The highest BCUT2D eigenvalue weighted by atomic mass is 35.5. The third-order valence-corrected chi connectivity index (χ3v) is 5.94. The van der Waals surface area contributed by atoms with E-state index in [9.17, 15) is 13.2 Å². The molecule has 1 N–H and O–H groups in total.